The normalized spacial score (nSPS) is 24.6. The number of ether oxygens (including phenoxy) is 3. The molecule has 4 fully saturated rings. The second-order valence-corrected chi connectivity index (χ2v) is 22.2. The zero-order valence-corrected chi connectivity index (χ0v) is 40.2. The van der Waals surface area contributed by atoms with Crippen LogP contribution in [0.2, 0.25) is 0 Å². The molecule has 4 N–H and O–H groups in total. The smallest absolute Gasteiger partial charge is 0.297 e. The lowest BCUT2D eigenvalue weighted by Gasteiger charge is -2.57. The fourth-order valence-electron chi connectivity index (χ4n) is 11.7. The molecule has 3 aromatic carbocycles. The zero-order valence-electron chi connectivity index (χ0n) is 39.4. The van der Waals surface area contributed by atoms with Crippen LogP contribution in [0.3, 0.4) is 0 Å². The summed E-state index contributed by atoms with van der Waals surface area (Å²) in [5.74, 6) is -0.662. The third-order valence-electron chi connectivity index (χ3n) is 15.6. The average Bonchev–Trinajstić information content (AvgIpc) is 3.96. The molecule has 3 aliphatic heterocycles. The lowest BCUT2D eigenvalue weighted by Crippen LogP contribution is -2.63. The third kappa shape index (κ3) is 9.06. The van der Waals surface area contributed by atoms with E-state index in [1.807, 2.05) is 0 Å². The second-order valence-electron chi connectivity index (χ2n) is 20.5. The molecule has 3 atom stereocenters. The van der Waals surface area contributed by atoms with Gasteiger partial charge in [-0.2, -0.15) is 4.98 Å². The number of rotatable bonds is 12. The molecule has 18 heteroatoms. The van der Waals surface area contributed by atoms with Crippen molar-refractivity contribution in [3.8, 4) is 23.1 Å². The predicted octanol–water partition coefficient (Wildman–Crippen LogP) is 9.01. The van der Waals surface area contributed by atoms with Crippen molar-refractivity contribution in [2.24, 2.45) is 11.3 Å². The molecule has 5 aromatic rings. The number of benzene rings is 3. The van der Waals surface area contributed by atoms with Crippen LogP contribution in [0.1, 0.15) is 112 Å². The fourth-order valence-corrected chi connectivity index (χ4v) is 12.7. The first-order valence-corrected chi connectivity index (χ1v) is 25.6. The number of pyridine rings is 1. The number of nitro benzene ring substituents is 1. The Morgan fingerprint density at radius 1 is 1.03 bits per heavy atom. The number of aliphatic hydroxyl groups is 1. The van der Waals surface area contributed by atoms with Gasteiger partial charge in [0.2, 0.25) is 0 Å². The number of anilines is 2. The van der Waals surface area contributed by atoms with Crippen LogP contribution >= 0.6 is 0 Å². The van der Waals surface area contributed by atoms with E-state index >= 15 is 0 Å². The van der Waals surface area contributed by atoms with Crippen LogP contribution in [0.15, 0.2) is 71.8 Å². The number of nitrogens with zero attached hydrogens (tertiary/aromatic N) is 4. The number of halogens is 1. The summed E-state index contributed by atoms with van der Waals surface area (Å²) in [6.45, 7) is 10.1. The molecule has 2 saturated carbocycles. The van der Waals surface area contributed by atoms with Crippen molar-refractivity contribution in [3.63, 3.8) is 0 Å². The predicted molar refractivity (Wildman–Crippen MR) is 259 cm³/mol. The molecule has 1 amide bonds. The summed E-state index contributed by atoms with van der Waals surface area (Å²) >= 11 is 0. The van der Waals surface area contributed by atoms with Gasteiger partial charge in [0, 0.05) is 68.4 Å². The lowest BCUT2D eigenvalue weighted by atomic mass is 9.70. The second kappa shape index (κ2) is 18.1. The highest BCUT2D eigenvalue weighted by molar-refractivity contribution is 7.90. The van der Waals surface area contributed by atoms with Crippen LogP contribution in [-0.4, -0.2) is 96.8 Å². The van der Waals surface area contributed by atoms with Gasteiger partial charge in [0.15, 0.2) is 17.2 Å². The van der Waals surface area contributed by atoms with Crippen molar-refractivity contribution in [1.82, 2.24) is 19.6 Å². The zero-order chi connectivity index (χ0) is 48.4. The number of nitro groups is 1. The molecular weight excluding hydrogens is 906 g/mol. The maximum atomic E-state index is 14.9. The maximum Gasteiger partial charge on any atom is 0.297 e. The molecule has 5 aliphatic rings. The molecule has 366 valence electrons. The molecule has 10 rings (SSSR count). The number of carbonyl (C=O) groups is 1. The number of hydrogen-bond acceptors (Lipinski definition) is 13. The summed E-state index contributed by atoms with van der Waals surface area (Å²) in [5.41, 5.74) is 2.69. The Morgan fingerprint density at radius 2 is 1.78 bits per heavy atom. The minimum absolute atomic E-state index is 0.00652. The number of sulfonamides is 1. The van der Waals surface area contributed by atoms with Crippen molar-refractivity contribution < 1.29 is 41.8 Å². The lowest BCUT2D eigenvalue weighted by molar-refractivity contribution is -0.384. The summed E-state index contributed by atoms with van der Waals surface area (Å²) in [6.07, 6.45) is 9.29. The van der Waals surface area contributed by atoms with Crippen molar-refractivity contribution in [1.29, 1.82) is 0 Å². The summed E-state index contributed by atoms with van der Waals surface area (Å²) in [6, 6.07) is 17.5. The topological polar surface area (TPSA) is 201 Å². The standard InChI is InChI=1S/C51H60FN7O9S/c1-30(2)34-8-5-6-9-35(34)36-10-7-11-41(36)58-28-51(29-58)18-20-57(21-19-51)32-12-13-37(43(22-32)68-45-25-38-39(52)26-53-47(38)55-49(45)66-4)48(60)56-69(64,65)33-23-42(59(62)63)46-44(24-33)67-27-40(54-46)31-14-16-50(3,61)17-15-31/h5-6,8-9,12-13,22-26,30-31,36,40-41,54,61H,7,10-11,14-21,27-29H2,1-4H3,(H,53,55)(H,56,60)/t31?,36-,40+,41-,50?/m0/s1. The first-order chi connectivity index (χ1) is 33.0. The number of H-pyrrole nitrogens is 1. The van der Waals surface area contributed by atoms with E-state index in [1.54, 1.807) is 19.1 Å². The number of aromatic amines is 1. The first kappa shape index (κ1) is 46.7. The van der Waals surface area contributed by atoms with Crippen LogP contribution in [0.4, 0.5) is 21.5 Å². The Labute approximate surface area is 401 Å². The molecule has 2 aliphatic carbocycles. The van der Waals surface area contributed by atoms with Gasteiger partial charge in [-0.25, -0.2) is 17.5 Å². The van der Waals surface area contributed by atoms with Gasteiger partial charge in [0.05, 0.1) is 39.5 Å². The van der Waals surface area contributed by atoms with Crippen LogP contribution in [0.5, 0.6) is 23.1 Å². The Bertz CT molecular complexity index is 2900. The van der Waals surface area contributed by atoms with E-state index in [9.17, 15) is 32.8 Å². The highest BCUT2D eigenvalue weighted by Gasteiger charge is 2.49. The minimum Gasteiger partial charge on any atom is -0.489 e. The van der Waals surface area contributed by atoms with Crippen LogP contribution in [0, 0.1) is 27.3 Å². The molecule has 5 heterocycles. The van der Waals surface area contributed by atoms with E-state index in [0.29, 0.717) is 43.6 Å². The monoisotopic (exact) mass is 965 g/mol. The van der Waals surface area contributed by atoms with E-state index < -0.39 is 42.9 Å². The van der Waals surface area contributed by atoms with E-state index in [2.05, 4.69) is 67.9 Å². The van der Waals surface area contributed by atoms with E-state index in [1.165, 1.54) is 49.6 Å². The number of methoxy groups -OCH3 is 1. The van der Waals surface area contributed by atoms with Crippen LogP contribution in [0.25, 0.3) is 11.0 Å². The molecule has 16 nitrogen and oxygen atoms in total. The van der Waals surface area contributed by atoms with Gasteiger partial charge in [0.1, 0.15) is 23.8 Å². The third-order valence-corrected chi connectivity index (χ3v) is 16.9. The van der Waals surface area contributed by atoms with Gasteiger partial charge in [-0.15, -0.1) is 0 Å². The van der Waals surface area contributed by atoms with Crippen molar-refractivity contribution >= 4 is 44.0 Å². The minimum atomic E-state index is -4.75. The van der Waals surface area contributed by atoms with Gasteiger partial charge >= 0.3 is 0 Å². The van der Waals surface area contributed by atoms with Gasteiger partial charge in [0.25, 0.3) is 27.5 Å². The number of aromatic nitrogens is 2. The molecule has 0 unspecified atom stereocenters. The van der Waals surface area contributed by atoms with Crippen molar-refractivity contribution in [2.75, 3.05) is 50.1 Å². The number of likely N-dealkylation sites (tertiary alicyclic amines) is 1. The SMILES string of the molecule is COc1nc2[nH]cc(F)c2cc1Oc1cc(N2CCC3(CC2)CN([C@H]2CCC[C@H]2c2ccccc2C(C)C)C3)ccc1C(=O)NS(=O)(=O)c1cc2c(c([N+](=O)[O-])c1)N[C@@H](C1CCC(C)(O)CC1)CO2. The van der Waals surface area contributed by atoms with E-state index in [4.69, 9.17) is 14.2 Å². The molecule has 69 heavy (non-hydrogen) atoms. The average molecular weight is 966 g/mol. The summed E-state index contributed by atoms with van der Waals surface area (Å²) < 4.78 is 62.9. The fraction of sp³-hybridized carbons (Fsp3) is 0.490. The van der Waals surface area contributed by atoms with Crippen LogP contribution < -0.4 is 29.1 Å². The molecule has 1 spiro atoms. The number of carbonyl (C=O) groups excluding carboxylic acids is 1. The number of fused-ring (bicyclic) bond motifs is 2. The quantitative estimate of drug-likeness (QED) is 0.0682. The van der Waals surface area contributed by atoms with Gasteiger partial charge in [-0.1, -0.05) is 44.5 Å². The molecule has 2 aromatic heterocycles. The van der Waals surface area contributed by atoms with Gasteiger partial charge in [-0.05, 0) is 105 Å². The highest BCUT2D eigenvalue weighted by Crippen LogP contribution is 2.50. The van der Waals surface area contributed by atoms with Crippen molar-refractivity contribution in [3.05, 3.63) is 99.5 Å². The molecule has 0 radical (unpaired) electrons. The highest BCUT2D eigenvalue weighted by atomic mass is 32.2. The van der Waals surface area contributed by atoms with E-state index in [-0.39, 0.29) is 69.4 Å². The summed E-state index contributed by atoms with van der Waals surface area (Å²) in [4.78, 5) is 37.5. The molecule has 2 saturated heterocycles. The van der Waals surface area contributed by atoms with Gasteiger partial charge in [-0.3, -0.25) is 19.8 Å². The maximum absolute atomic E-state index is 14.9. The Hall–Kier alpha value is -5.98. The molecular formula is C51H60FN7O9S. The largest absolute Gasteiger partial charge is 0.489 e. The summed E-state index contributed by atoms with van der Waals surface area (Å²) in [7, 11) is -3.38. The molecule has 0 bridgehead atoms. The van der Waals surface area contributed by atoms with Crippen LogP contribution in [-0.2, 0) is 10.0 Å². The summed E-state index contributed by atoms with van der Waals surface area (Å²) in [5, 5.41) is 26.2. The number of nitrogens with one attached hydrogen (secondary N) is 3. The van der Waals surface area contributed by atoms with E-state index in [0.717, 1.165) is 63.0 Å². The Kier molecular flexibility index (Phi) is 12.2. The van der Waals surface area contributed by atoms with Gasteiger partial charge < -0.3 is 34.5 Å². The number of hydrogen-bond donors (Lipinski definition) is 4. The number of piperidine rings is 1. The number of amides is 1. The van der Waals surface area contributed by atoms with Crippen molar-refractivity contribution in [2.45, 2.75) is 113 Å². The Balaban J connectivity index is 0.883. The Morgan fingerprint density at radius 3 is 2.51 bits per heavy atom. The first-order valence-electron chi connectivity index (χ1n) is 24.1.